The highest BCUT2D eigenvalue weighted by Gasteiger charge is 2.37. The molecule has 1 aromatic carbocycles. The van der Waals surface area contributed by atoms with Crippen molar-refractivity contribution >= 4 is 0 Å². The minimum Gasteiger partial charge on any atom is -0.358 e. The molecule has 0 spiro atoms. The van der Waals surface area contributed by atoms with Crippen LogP contribution in [0.15, 0.2) is 42.1 Å². The molecule has 0 amide bonds. The number of nitrogens with zero attached hydrogens (tertiary/aromatic N) is 2. The quantitative estimate of drug-likeness (QED) is 0.749. The van der Waals surface area contributed by atoms with E-state index in [0.29, 0.717) is 18.0 Å². The second-order valence-electron chi connectivity index (χ2n) is 5.40. The monoisotopic (exact) mass is 238 g/mol. The summed E-state index contributed by atoms with van der Waals surface area (Å²) in [5.74, 6) is 0.410. The molecule has 3 rings (SSSR count). The van der Waals surface area contributed by atoms with E-state index in [4.69, 9.17) is 0 Å². The summed E-state index contributed by atoms with van der Waals surface area (Å²) < 4.78 is 0. The van der Waals surface area contributed by atoms with Gasteiger partial charge in [0.25, 0.3) is 0 Å². The summed E-state index contributed by atoms with van der Waals surface area (Å²) in [5.41, 5.74) is 2.22. The van der Waals surface area contributed by atoms with E-state index in [0.717, 1.165) is 12.1 Å². The highest BCUT2D eigenvalue weighted by atomic mass is 15.2. The van der Waals surface area contributed by atoms with E-state index in [2.05, 4.69) is 48.2 Å². The molecule has 0 N–H and O–H groups in total. The Morgan fingerprint density at radius 1 is 1.22 bits per heavy atom. The zero-order valence-corrected chi connectivity index (χ0v) is 10.7. The molecule has 2 aliphatic heterocycles. The van der Waals surface area contributed by atoms with Gasteiger partial charge in [-0.2, -0.15) is 5.26 Å². The molecule has 0 saturated carbocycles. The maximum Gasteiger partial charge on any atom is 0.117 e. The maximum absolute atomic E-state index is 9.36. The molecule has 1 aromatic rings. The molecule has 92 valence electrons. The SMILES string of the molecule is C[C@H]1CC[C@@H]2C[C@H](c3ccccc3)C=C(C#N)N21. The number of hydrogen-bond donors (Lipinski definition) is 0. The van der Waals surface area contributed by atoms with Crippen molar-refractivity contribution in [2.45, 2.75) is 44.2 Å². The lowest BCUT2D eigenvalue weighted by Gasteiger charge is -2.36. The lowest BCUT2D eigenvalue weighted by atomic mass is 9.87. The highest BCUT2D eigenvalue weighted by molar-refractivity contribution is 5.34. The van der Waals surface area contributed by atoms with Crippen LogP contribution in [0.3, 0.4) is 0 Å². The van der Waals surface area contributed by atoms with Crippen LogP contribution in [0.5, 0.6) is 0 Å². The first kappa shape index (κ1) is 11.3. The molecule has 0 bridgehead atoms. The highest BCUT2D eigenvalue weighted by Crippen LogP contribution is 2.39. The summed E-state index contributed by atoms with van der Waals surface area (Å²) in [4.78, 5) is 2.33. The van der Waals surface area contributed by atoms with E-state index >= 15 is 0 Å². The fraction of sp³-hybridized carbons (Fsp3) is 0.438. The van der Waals surface area contributed by atoms with Crippen LogP contribution in [0.2, 0.25) is 0 Å². The largest absolute Gasteiger partial charge is 0.358 e. The topological polar surface area (TPSA) is 27.0 Å². The molecule has 2 heteroatoms. The molecular weight excluding hydrogens is 220 g/mol. The summed E-state index contributed by atoms with van der Waals surface area (Å²) in [6, 6.07) is 14.0. The molecule has 2 aliphatic rings. The van der Waals surface area contributed by atoms with Gasteiger partial charge in [-0.1, -0.05) is 30.3 Å². The van der Waals surface area contributed by atoms with Crippen molar-refractivity contribution in [3.05, 3.63) is 47.7 Å². The average Bonchev–Trinajstić information content (AvgIpc) is 2.81. The lowest BCUT2D eigenvalue weighted by Crippen LogP contribution is -2.37. The molecule has 2 heterocycles. The Hall–Kier alpha value is -1.75. The Morgan fingerprint density at radius 2 is 2.00 bits per heavy atom. The van der Waals surface area contributed by atoms with Crippen LogP contribution < -0.4 is 0 Å². The molecule has 0 aliphatic carbocycles. The molecule has 18 heavy (non-hydrogen) atoms. The molecule has 0 radical (unpaired) electrons. The predicted molar refractivity (Wildman–Crippen MR) is 71.8 cm³/mol. The van der Waals surface area contributed by atoms with Crippen LogP contribution in [-0.4, -0.2) is 17.0 Å². The zero-order valence-electron chi connectivity index (χ0n) is 10.7. The molecule has 0 aromatic heterocycles. The number of rotatable bonds is 1. The van der Waals surface area contributed by atoms with Gasteiger partial charge in [0, 0.05) is 18.0 Å². The Kier molecular flexibility index (Phi) is 2.83. The van der Waals surface area contributed by atoms with E-state index < -0.39 is 0 Å². The number of allylic oxidation sites excluding steroid dienone is 2. The van der Waals surface area contributed by atoms with Gasteiger partial charge in [-0.3, -0.25) is 0 Å². The average molecular weight is 238 g/mol. The van der Waals surface area contributed by atoms with Crippen molar-refractivity contribution in [3.63, 3.8) is 0 Å². The summed E-state index contributed by atoms with van der Waals surface area (Å²) >= 11 is 0. The Bertz CT molecular complexity index is 498. The molecule has 1 fully saturated rings. The summed E-state index contributed by atoms with van der Waals surface area (Å²) in [5, 5.41) is 9.36. The van der Waals surface area contributed by atoms with Crippen molar-refractivity contribution in [2.75, 3.05) is 0 Å². The standard InChI is InChI=1S/C16H18N2/c1-12-7-8-15-9-14(10-16(11-17)18(12)15)13-5-3-2-4-6-13/h2-6,10,12,14-15H,7-9H2,1H3/t12-,14-,15+/m0/s1. The summed E-state index contributed by atoms with van der Waals surface area (Å²) in [7, 11) is 0. The third-order valence-electron chi connectivity index (χ3n) is 4.29. The van der Waals surface area contributed by atoms with Gasteiger partial charge in [0.2, 0.25) is 0 Å². The minimum atomic E-state index is 0.410. The van der Waals surface area contributed by atoms with E-state index in [1.165, 1.54) is 18.4 Å². The summed E-state index contributed by atoms with van der Waals surface area (Å²) in [6.45, 7) is 2.23. The van der Waals surface area contributed by atoms with E-state index in [1.807, 2.05) is 6.07 Å². The zero-order chi connectivity index (χ0) is 12.5. The summed E-state index contributed by atoms with van der Waals surface area (Å²) in [6.07, 6.45) is 5.75. The van der Waals surface area contributed by atoms with Gasteiger partial charge in [0.05, 0.1) is 0 Å². The van der Waals surface area contributed by atoms with Crippen molar-refractivity contribution in [2.24, 2.45) is 0 Å². The molecule has 2 nitrogen and oxygen atoms in total. The maximum atomic E-state index is 9.36. The Balaban J connectivity index is 1.94. The second-order valence-corrected chi connectivity index (χ2v) is 5.40. The fourth-order valence-corrected chi connectivity index (χ4v) is 3.40. The number of benzene rings is 1. The Labute approximate surface area is 109 Å². The van der Waals surface area contributed by atoms with Gasteiger partial charge in [0.15, 0.2) is 0 Å². The van der Waals surface area contributed by atoms with Gasteiger partial charge >= 0.3 is 0 Å². The van der Waals surface area contributed by atoms with Crippen molar-refractivity contribution in [3.8, 4) is 6.07 Å². The van der Waals surface area contributed by atoms with Crippen LogP contribution in [0, 0.1) is 11.3 Å². The van der Waals surface area contributed by atoms with Crippen LogP contribution in [0.4, 0.5) is 0 Å². The lowest BCUT2D eigenvalue weighted by molar-refractivity contribution is 0.240. The minimum absolute atomic E-state index is 0.410. The van der Waals surface area contributed by atoms with Gasteiger partial charge in [-0.15, -0.1) is 0 Å². The van der Waals surface area contributed by atoms with Crippen LogP contribution >= 0.6 is 0 Å². The predicted octanol–water partition coefficient (Wildman–Crippen LogP) is 3.43. The van der Waals surface area contributed by atoms with Crippen LogP contribution in [-0.2, 0) is 0 Å². The van der Waals surface area contributed by atoms with Crippen molar-refractivity contribution in [1.29, 1.82) is 5.26 Å². The molecule has 0 unspecified atom stereocenters. The van der Waals surface area contributed by atoms with Crippen molar-refractivity contribution < 1.29 is 0 Å². The van der Waals surface area contributed by atoms with Crippen LogP contribution in [0.1, 0.15) is 37.7 Å². The third-order valence-corrected chi connectivity index (χ3v) is 4.29. The normalized spacial score (nSPS) is 30.6. The first-order chi connectivity index (χ1) is 8.79. The van der Waals surface area contributed by atoms with E-state index in [-0.39, 0.29) is 0 Å². The number of hydrogen-bond acceptors (Lipinski definition) is 2. The van der Waals surface area contributed by atoms with Gasteiger partial charge in [-0.25, -0.2) is 0 Å². The molecule has 1 saturated heterocycles. The van der Waals surface area contributed by atoms with Gasteiger partial charge in [0.1, 0.15) is 11.8 Å². The molecular formula is C16H18N2. The molecule has 3 atom stereocenters. The smallest absolute Gasteiger partial charge is 0.117 e. The second kappa shape index (κ2) is 4.49. The first-order valence-electron chi connectivity index (χ1n) is 6.75. The van der Waals surface area contributed by atoms with Gasteiger partial charge < -0.3 is 4.90 Å². The fourth-order valence-electron chi connectivity index (χ4n) is 3.40. The van der Waals surface area contributed by atoms with E-state index in [9.17, 15) is 5.26 Å². The Morgan fingerprint density at radius 3 is 2.72 bits per heavy atom. The number of fused-ring (bicyclic) bond motifs is 1. The van der Waals surface area contributed by atoms with Gasteiger partial charge in [-0.05, 0) is 37.8 Å². The van der Waals surface area contributed by atoms with Crippen molar-refractivity contribution in [1.82, 2.24) is 4.90 Å². The third kappa shape index (κ3) is 1.80. The van der Waals surface area contributed by atoms with E-state index in [1.54, 1.807) is 0 Å². The number of nitriles is 1. The first-order valence-corrected chi connectivity index (χ1v) is 6.75. The van der Waals surface area contributed by atoms with Crippen LogP contribution in [0.25, 0.3) is 0 Å².